The molecule has 1 atom stereocenters. The number of hydrogen-bond donors (Lipinski definition) is 1. The Morgan fingerprint density at radius 1 is 1.24 bits per heavy atom. The molecule has 2 aromatic rings. The Kier molecular flexibility index (Phi) is 5.69. The van der Waals surface area contributed by atoms with Crippen LogP contribution in [0.25, 0.3) is 0 Å². The fourth-order valence-corrected chi connectivity index (χ4v) is 4.04. The molecule has 4 rings (SSSR count). The summed E-state index contributed by atoms with van der Waals surface area (Å²) >= 11 is 6.12. The molecule has 0 bridgehead atoms. The third-order valence-electron chi connectivity index (χ3n) is 5.57. The number of carbonyl (C=O) groups is 2. The van der Waals surface area contributed by atoms with Gasteiger partial charge in [0.1, 0.15) is 11.5 Å². The number of anilines is 1. The van der Waals surface area contributed by atoms with Crippen LogP contribution in [0.3, 0.4) is 0 Å². The number of carbonyl (C=O) groups excluding carboxylic acids is 2. The topological polar surface area (TPSA) is 70.5 Å². The van der Waals surface area contributed by atoms with Gasteiger partial charge in [0.15, 0.2) is 0 Å². The first kappa shape index (κ1) is 19.7. The van der Waals surface area contributed by atoms with Gasteiger partial charge in [-0.25, -0.2) is 4.98 Å². The highest BCUT2D eigenvalue weighted by Gasteiger charge is 2.25. The van der Waals surface area contributed by atoms with Crippen LogP contribution in [0.5, 0.6) is 0 Å². The number of likely N-dealkylation sites (tertiary alicyclic amines) is 1. The Hall–Kier alpha value is -2.64. The van der Waals surface area contributed by atoms with E-state index in [0.29, 0.717) is 47.9 Å². The maximum atomic E-state index is 12.7. The summed E-state index contributed by atoms with van der Waals surface area (Å²) in [5.41, 5.74) is 1.03. The van der Waals surface area contributed by atoms with Gasteiger partial charge in [-0.05, 0) is 38.6 Å². The van der Waals surface area contributed by atoms with E-state index in [4.69, 9.17) is 11.6 Å². The number of benzene rings is 1. The maximum Gasteiger partial charge on any atom is 0.273 e. The molecule has 0 aliphatic carbocycles. The highest BCUT2D eigenvalue weighted by Crippen LogP contribution is 2.22. The lowest BCUT2D eigenvalue weighted by Gasteiger charge is -2.27. The molecule has 0 radical (unpaired) electrons. The number of rotatable bonds is 4. The van der Waals surface area contributed by atoms with Crippen LogP contribution in [0.15, 0.2) is 42.6 Å². The summed E-state index contributed by atoms with van der Waals surface area (Å²) in [6.45, 7) is 2.54. The van der Waals surface area contributed by atoms with Crippen LogP contribution >= 0.6 is 11.6 Å². The van der Waals surface area contributed by atoms with Gasteiger partial charge in [-0.3, -0.25) is 14.5 Å². The number of fused-ring (bicyclic) bond motifs is 1. The average molecular weight is 414 g/mol. The van der Waals surface area contributed by atoms with E-state index in [0.717, 1.165) is 13.0 Å². The van der Waals surface area contributed by atoms with Gasteiger partial charge < -0.3 is 14.8 Å². The van der Waals surface area contributed by atoms with Crippen LogP contribution in [0.4, 0.5) is 5.69 Å². The zero-order valence-electron chi connectivity index (χ0n) is 16.3. The monoisotopic (exact) mass is 413 g/mol. The number of hydrogen-bond acceptors (Lipinski definition) is 4. The molecule has 0 saturated carbocycles. The fourth-order valence-electron chi connectivity index (χ4n) is 3.86. The first-order valence-corrected chi connectivity index (χ1v) is 10.2. The molecule has 8 heteroatoms. The largest absolute Gasteiger partial charge is 0.330 e. The molecule has 7 nitrogen and oxygen atoms in total. The van der Waals surface area contributed by atoms with Gasteiger partial charge in [0.2, 0.25) is 5.91 Å². The van der Waals surface area contributed by atoms with Crippen molar-refractivity contribution in [2.24, 2.45) is 0 Å². The standard InChI is InChI=1S/C21H24ClN5O2/c1-25-10-4-5-15(25)8-9-20(28)26-11-12-27-18(13-23-19(27)14-26)21(29)24-17-7-3-2-6-16(17)22/h2-3,6-9,13,15H,4-5,10-12,14H2,1H3,(H,24,29)/b9-8+/t15-/m0/s1. The van der Waals surface area contributed by atoms with Crippen LogP contribution < -0.4 is 5.32 Å². The second kappa shape index (κ2) is 8.39. The van der Waals surface area contributed by atoms with E-state index in [-0.39, 0.29) is 11.8 Å². The zero-order valence-corrected chi connectivity index (χ0v) is 17.1. The molecule has 1 aromatic heterocycles. The number of likely N-dealkylation sites (N-methyl/N-ethyl adjacent to an activating group) is 1. The van der Waals surface area contributed by atoms with Crippen LogP contribution in [0.1, 0.15) is 29.2 Å². The second-order valence-corrected chi connectivity index (χ2v) is 7.86. The predicted octanol–water partition coefficient (Wildman–Crippen LogP) is 2.78. The minimum Gasteiger partial charge on any atom is -0.330 e. The molecular weight excluding hydrogens is 390 g/mol. The average Bonchev–Trinajstić information content (AvgIpc) is 3.33. The van der Waals surface area contributed by atoms with E-state index in [1.807, 2.05) is 22.8 Å². The Balaban J connectivity index is 1.41. The molecule has 1 saturated heterocycles. The SMILES string of the molecule is CN1CCC[C@H]1/C=C/C(=O)N1CCn2c(C(=O)Nc3ccccc3Cl)cnc2C1. The molecule has 1 fully saturated rings. The minimum atomic E-state index is -0.263. The summed E-state index contributed by atoms with van der Waals surface area (Å²) in [4.78, 5) is 33.6. The smallest absolute Gasteiger partial charge is 0.273 e. The first-order chi connectivity index (χ1) is 14.0. The quantitative estimate of drug-likeness (QED) is 0.782. The Morgan fingerprint density at radius 3 is 2.83 bits per heavy atom. The molecule has 0 unspecified atom stereocenters. The molecule has 1 N–H and O–H groups in total. The first-order valence-electron chi connectivity index (χ1n) is 9.80. The predicted molar refractivity (Wildman–Crippen MR) is 112 cm³/mol. The summed E-state index contributed by atoms with van der Waals surface area (Å²) in [5.74, 6) is 0.433. The van der Waals surface area contributed by atoms with Crippen molar-refractivity contribution < 1.29 is 9.59 Å². The van der Waals surface area contributed by atoms with E-state index < -0.39 is 0 Å². The van der Waals surface area contributed by atoms with Gasteiger partial charge >= 0.3 is 0 Å². The molecule has 2 aliphatic rings. The lowest BCUT2D eigenvalue weighted by Crippen LogP contribution is -2.38. The van der Waals surface area contributed by atoms with Gasteiger partial charge in [-0.2, -0.15) is 0 Å². The number of nitrogens with zero attached hydrogens (tertiary/aromatic N) is 4. The van der Waals surface area contributed by atoms with E-state index in [2.05, 4.69) is 22.2 Å². The van der Waals surface area contributed by atoms with E-state index >= 15 is 0 Å². The van der Waals surface area contributed by atoms with E-state index in [1.165, 1.54) is 6.42 Å². The van der Waals surface area contributed by atoms with Gasteiger partial charge in [0.05, 0.1) is 23.5 Å². The molecular formula is C21H24ClN5O2. The normalized spacial score (nSPS) is 19.5. The number of aromatic nitrogens is 2. The van der Waals surface area contributed by atoms with Crippen LogP contribution in [0, 0.1) is 0 Å². The van der Waals surface area contributed by atoms with Gasteiger partial charge in [-0.1, -0.05) is 29.8 Å². The fraction of sp³-hybridized carbons (Fsp3) is 0.381. The third kappa shape index (κ3) is 4.21. The molecule has 29 heavy (non-hydrogen) atoms. The van der Waals surface area contributed by atoms with Crippen molar-refractivity contribution in [1.29, 1.82) is 0 Å². The lowest BCUT2D eigenvalue weighted by atomic mass is 10.2. The van der Waals surface area contributed by atoms with E-state index in [1.54, 1.807) is 29.3 Å². The molecule has 1 aromatic carbocycles. The van der Waals surface area contributed by atoms with Gasteiger partial charge in [-0.15, -0.1) is 0 Å². The summed E-state index contributed by atoms with van der Waals surface area (Å²) < 4.78 is 1.87. The van der Waals surface area contributed by atoms with Crippen molar-refractivity contribution in [3.8, 4) is 0 Å². The molecule has 3 heterocycles. The van der Waals surface area contributed by atoms with Crippen molar-refractivity contribution in [1.82, 2.24) is 19.4 Å². The number of halogens is 1. The van der Waals surface area contributed by atoms with E-state index in [9.17, 15) is 9.59 Å². The highest BCUT2D eigenvalue weighted by molar-refractivity contribution is 6.33. The lowest BCUT2D eigenvalue weighted by molar-refractivity contribution is -0.127. The molecule has 0 spiro atoms. The highest BCUT2D eigenvalue weighted by atomic mass is 35.5. The van der Waals surface area contributed by atoms with Crippen molar-refractivity contribution in [2.75, 3.05) is 25.5 Å². The third-order valence-corrected chi connectivity index (χ3v) is 5.90. The number of amides is 2. The zero-order chi connectivity index (χ0) is 20.4. The second-order valence-electron chi connectivity index (χ2n) is 7.45. The number of nitrogens with one attached hydrogen (secondary N) is 1. The minimum absolute atomic E-state index is 0.0124. The number of imidazole rings is 1. The summed E-state index contributed by atoms with van der Waals surface area (Å²) in [6, 6.07) is 7.44. The van der Waals surface area contributed by atoms with Crippen molar-refractivity contribution in [3.63, 3.8) is 0 Å². The van der Waals surface area contributed by atoms with Crippen molar-refractivity contribution in [2.45, 2.75) is 32.0 Å². The van der Waals surface area contributed by atoms with Crippen molar-refractivity contribution in [3.05, 3.63) is 59.2 Å². The Bertz CT molecular complexity index is 954. The van der Waals surface area contributed by atoms with Crippen LogP contribution in [0.2, 0.25) is 5.02 Å². The van der Waals surface area contributed by atoms with Crippen LogP contribution in [-0.4, -0.2) is 57.3 Å². The van der Waals surface area contributed by atoms with Crippen molar-refractivity contribution >= 4 is 29.1 Å². The molecule has 2 aliphatic heterocycles. The maximum absolute atomic E-state index is 12.7. The summed E-state index contributed by atoms with van der Waals surface area (Å²) in [5, 5.41) is 3.31. The summed E-state index contributed by atoms with van der Waals surface area (Å²) in [6.07, 6.45) is 7.49. The summed E-state index contributed by atoms with van der Waals surface area (Å²) in [7, 11) is 2.08. The Labute approximate surface area is 175 Å². The van der Waals surface area contributed by atoms with Gasteiger partial charge in [0.25, 0.3) is 5.91 Å². The van der Waals surface area contributed by atoms with Crippen LogP contribution in [-0.2, 0) is 17.9 Å². The number of para-hydroxylation sites is 1. The van der Waals surface area contributed by atoms with Gasteiger partial charge in [0, 0.05) is 25.2 Å². The molecule has 2 amide bonds. The Morgan fingerprint density at radius 2 is 2.07 bits per heavy atom. The molecule has 152 valence electrons.